The molecule has 0 spiro atoms. The number of benzene rings is 2. The van der Waals surface area contributed by atoms with Crippen LogP contribution >= 0.6 is 0 Å². The molecule has 0 radical (unpaired) electrons. The number of esters is 1. The maximum Gasteiger partial charge on any atom is 0.418 e. The van der Waals surface area contributed by atoms with Gasteiger partial charge in [-0.25, -0.2) is 4.79 Å². The second-order valence-electron chi connectivity index (χ2n) is 4.69. The summed E-state index contributed by atoms with van der Waals surface area (Å²) < 4.78 is 43.1. The predicted molar refractivity (Wildman–Crippen MR) is 80.3 cm³/mol. The number of hydrazine groups is 1. The van der Waals surface area contributed by atoms with E-state index in [1.807, 2.05) is 0 Å². The third-order valence-corrected chi connectivity index (χ3v) is 3.11. The number of ether oxygens (including phenoxy) is 1. The van der Waals surface area contributed by atoms with Gasteiger partial charge in [-0.2, -0.15) is 13.2 Å². The molecule has 0 saturated carbocycles. The van der Waals surface area contributed by atoms with Crippen LogP contribution in [0.25, 0.3) is 0 Å². The van der Waals surface area contributed by atoms with Gasteiger partial charge in [0.2, 0.25) is 0 Å². The number of methoxy groups -OCH3 is 1. The molecule has 0 unspecified atom stereocenters. The molecule has 1 amide bonds. The fraction of sp³-hybridized carbons (Fsp3) is 0.125. The Morgan fingerprint density at radius 3 is 2.12 bits per heavy atom. The number of para-hydroxylation sites is 1. The predicted octanol–water partition coefficient (Wildman–Crippen LogP) is 3.25. The van der Waals surface area contributed by atoms with E-state index in [0.717, 1.165) is 6.07 Å². The third kappa shape index (κ3) is 4.03. The Kier molecular flexibility index (Phi) is 5.08. The van der Waals surface area contributed by atoms with Crippen molar-refractivity contribution in [3.63, 3.8) is 0 Å². The lowest BCUT2D eigenvalue weighted by Gasteiger charge is -2.15. The Bertz CT molecular complexity index is 743. The summed E-state index contributed by atoms with van der Waals surface area (Å²) in [6.07, 6.45) is -4.55. The highest BCUT2D eigenvalue weighted by atomic mass is 19.4. The molecule has 8 heteroatoms. The Morgan fingerprint density at radius 2 is 1.54 bits per heavy atom. The molecule has 0 aliphatic carbocycles. The van der Waals surface area contributed by atoms with Crippen molar-refractivity contribution in [2.75, 3.05) is 12.5 Å². The molecule has 2 aromatic rings. The molecular weight excluding hydrogens is 325 g/mol. The number of hydrogen-bond acceptors (Lipinski definition) is 4. The number of carbonyl (C=O) groups is 2. The number of nitrogens with one attached hydrogen (secondary N) is 2. The topological polar surface area (TPSA) is 67.4 Å². The summed E-state index contributed by atoms with van der Waals surface area (Å²) in [7, 11) is 1.23. The number of anilines is 1. The first-order valence-corrected chi connectivity index (χ1v) is 6.74. The van der Waals surface area contributed by atoms with Gasteiger partial charge in [-0.05, 0) is 36.4 Å². The van der Waals surface area contributed by atoms with Crippen molar-refractivity contribution in [1.82, 2.24) is 5.43 Å². The van der Waals surface area contributed by atoms with E-state index < -0.39 is 23.6 Å². The van der Waals surface area contributed by atoms with Gasteiger partial charge in [0.15, 0.2) is 0 Å². The van der Waals surface area contributed by atoms with Crippen LogP contribution in [0.5, 0.6) is 0 Å². The van der Waals surface area contributed by atoms with E-state index in [1.165, 1.54) is 49.6 Å². The van der Waals surface area contributed by atoms with Gasteiger partial charge in [0.05, 0.1) is 23.9 Å². The average Bonchev–Trinajstić information content (AvgIpc) is 2.58. The van der Waals surface area contributed by atoms with Crippen LogP contribution < -0.4 is 10.9 Å². The largest absolute Gasteiger partial charge is 0.465 e. The third-order valence-electron chi connectivity index (χ3n) is 3.11. The Labute approximate surface area is 135 Å². The normalized spacial score (nSPS) is 10.8. The molecule has 0 saturated heterocycles. The first-order chi connectivity index (χ1) is 11.3. The molecule has 5 nitrogen and oxygen atoms in total. The van der Waals surface area contributed by atoms with Crippen molar-refractivity contribution in [2.45, 2.75) is 6.18 Å². The van der Waals surface area contributed by atoms with Gasteiger partial charge in [-0.1, -0.05) is 12.1 Å². The molecule has 2 rings (SSSR count). The number of hydrogen-bond donors (Lipinski definition) is 2. The highest BCUT2D eigenvalue weighted by Gasteiger charge is 2.33. The van der Waals surface area contributed by atoms with E-state index in [0.29, 0.717) is 0 Å². The van der Waals surface area contributed by atoms with Crippen molar-refractivity contribution in [2.24, 2.45) is 0 Å². The van der Waals surface area contributed by atoms with Crippen LogP contribution in [0.3, 0.4) is 0 Å². The van der Waals surface area contributed by atoms with Crippen LogP contribution in [0.1, 0.15) is 26.3 Å². The average molecular weight is 338 g/mol. The van der Waals surface area contributed by atoms with E-state index in [4.69, 9.17) is 0 Å². The summed E-state index contributed by atoms with van der Waals surface area (Å²) in [5.74, 6) is -1.21. The van der Waals surface area contributed by atoms with Gasteiger partial charge in [-0.3, -0.25) is 15.6 Å². The minimum Gasteiger partial charge on any atom is -0.465 e. The second-order valence-corrected chi connectivity index (χ2v) is 4.69. The fourth-order valence-electron chi connectivity index (χ4n) is 1.91. The maximum absolute atomic E-state index is 12.9. The first kappa shape index (κ1) is 17.3. The van der Waals surface area contributed by atoms with Gasteiger partial charge < -0.3 is 4.74 Å². The molecule has 126 valence electrons. The fourth-order valence-corrected chi connectivity index (χ4v) is 1.91. The minimum atomic E-state index is -4.55. The Hall–Kier alpha value is -3.03. The molecule has 0 aliphatic rings. The molecule has 2 aromatic carbocycles. The van der Waals surface area contributed by atoms with Crippen molar-refractivity contribution in [3.8, 4) is 0 Å². The van der Waals surface area contributed by atoms with Gasteiger partial charge in [-0.15, -0.1) is 0 Å². The monoisotopic (exact) mass is 338 g/mol. The first-order valence-electron chi connectivity index (χ1n) is 6.74. The van der Waals surface area contributed by atoms with Crippen LogP contribution in [0.4, 0.5) is 18.9 Å². The van der Waals surface area contributed by atoms with Crippen LogP contribution in [-0.2, 0) is 10.9 Å². The van der Waals surface area contributed by atoms with Crippen LogP contribution in [-0.4, -0.2) is 19.0 Å². The zero-order chi connectivity index (χ0) is 17.7. The van der Waals surface area contributed by atoms with Crippen molar-refractivity contribution in [3.05, 3.63) is 65.2 Å². The van der Waals surface area contributed by atoms with E-state index >= 15 is 0 Å². The van der Waals surface area contributed by atoms with Gasteiger partial charge in [0.25, 0.3) is 5.91 Å². The highest BCUT2D eigenvalue weighted by Crippen LogP contribution is 2.34. The summed E-state index contributed by atoms with van der Waals surface area (Å²) in [5, 5.41) is 0. The van der Waals surface area contributed by atoms with E-state index in [1.54, 1.807) is 0 Å². The zero-order valence-corrected chi connectivity index (χ0v) is 12.5. The Morgan fingerprint density at radius 1 is 0.958 bits per heavy atom. The molecule has 0 atom stereocenters. The summed E-state index contributed by atoms with van der Waals surface area (Å²) in [5.41, 5.74) is 3.69. The number of carbonyl (C=O) groups excluding carboxylic acids is 2. The van der Waals surface area contributed by atoms with Gasteiger partial charge >= 0.3 is 12.1 Å². The maximum atomic E-state index is 12.9. The number of rotatable bonds is 4. The molecule has 24 heavy (non-hydrogen) atoms. The van der Waals surface area contributed by atoms with Crippen LogP contribution in [0, 0.1) is 0 Å². The number of alkyl halides is 3. The molecule has 0 aliphatic heterocycles. The molecule has 0 aromatic heterocycles. The minimum absolute atomic E-state index is 0.166. The second kappa shape index (κ2) is 7.03. The van der Waals surface area contributed by atoms with E-state index in [9.17, 15) is 22.8 Å². The lowest BCUT2D eigenvalue weighted by atomic mass is 10.1. The number of halogens is 3. The molecular formula is C16H13F3N2O3. The lowest BCUT2D eigenvalue weighted by Crippen LogP contribution is -2.30. The molecule has 0 fully saturated rings. The summed E-state index contributed by atoms with van der Waals surface area (Å²) in [4.78, 5) is 23.3. The summed E-state index contributed by atoms with van der Waals surface area (Å²) >= 11 is 0. The van der Waals surface area contributed by atoms with Gasteiger partial charge in [0, 0.05) is 5.56 Å². The Balaban J connectivity index is 2.08. The molecule has 0 bridgehead atoms. The molecule has 2 N–H and O–H groups in total. The van der Waals surface area contributed by atoms with Crippen molar-refractivity contribution >= 4 is 17.6 Å². The summed E-state index contributed by atoms with van der Waals surface area (Å²) in [6.45, 7) is 0. The zero-order valence-electron chi connectivity index (χ0n) is 12.5. The SMILES string of the molecule is COC(=O)c1ccc(C(=O)NNc2ccccc2C(F)(F)F)cc1. The van der Waals surface area contributed by atoms with E-state index in [2.05, 4.69) is 15.6 Å². The lowest BCUT2D eigenvalue weighted by molar-refractivity contribution is -0.137. The standard InChI is InChI=1S/C16H13F3N2O3/c1-24-15(23)11-8-6-10(7-9-11)14(22)21-20-13-5-3-2-4-12(13)16(17,18)19/h2-9,20H,1H3,(H,21,22). The van der Waals surface area contributed by atoms with Crippen LogP contribution in [0.15, 0.2) is 48.5 Å². The smallest absolute Gasteiger partial charge is 0.418 e. The van der Waals surface area contributed by atoms with Gasteiger partial charge in [0.1, 0.15) is 0 Å². The molecule has 0 heterocycles. The van der Waals surface area contributed by atoms with E-state index in [-0.39, 0.29) is 16.8 Å². The van der Waals surface area contributed by atoms with Crippen molar-refractivity contribution in [1.29, 1.82) is 0 Å². The van der Waals surface area contributed by atoms with Crippen LogP contribution in [0.2, 0.25) is 0 Å². The number of amides is 1. The quantitative estimate of drug-likeness (QED) is 0.663. The van der Waals surface area contributed by atoms with Crippen molar-refractivity contribution < 1.29 is 27.5 Å². The highest BCUT2D eigenvalue weighted by molar-refractivity contribution is 5.96. The summed E-state index contributed by atoms with van der Waals surface area (Å²) in [6, 6.07) is 10.2.